The third-order valence-electron chi connectivity index (χ3n) is 2.64. The van der Waals surface area contributed by atoms with Crippen molar-refractivity contribution in [3.05, 3.63) is 34.9 Å². The number of amides is 1. The molecule has 1 heterocycles. The Morgan fingerprint density at radius 3 is 2.83 bits per heavy atom. The second-order valence-electron chi connectivity index (χ2n) is 5.20. The molecule has 1 aromatic rings. The minimum Gasteiger partial charge on any atom is -0.591 e. The van der Waals surface area contributed by atoms with E-state index < -0.39 is 11.4 Å². The van der Waals surface area contributed by atoms with Crippen LogP contribution in [0.25, 0.3) is 0 Å². The molecule has 0 saturated heterocycles. The minimum absolute atomic E-state index is 0.0582. The van der Waals surface area contributed by atoms with Gasteiger partial charge >= 0.3 is 0 Å². The van der Waals surface area contributed by atoms with Gasteiger partial charge in [0.1, 0.15) is 16.1 Å². The summed E-state index contributed by atoms with van der Waals surface area (Å²) in [6, 6.07) is 5.55. The Morgan fingerprint density at radius 1 is 1.44 bits per heavy atom. The first-order valence-electron chi connectivity index (χ1n) is 5.75. The Balaban J connectivity index is 2.19. The van der Waals surface area contributed by atoms with Crippen LogP contribution in [0, 0.1) is 0 Å². The molecule has 18 heavy (non-hydrogen) atoms. The number of benzene rings is 1. The highest BCUT2D eigenvalue weighted by Crippen LogP contribution is 2.19. The summed E-state index contributed by atoms with van der Waals surface area (Å²) < 4.78 is 15.4. The highest BCUT2D eigenvalue weighted by atomic mass is 32.2. The van der Waals surface area contributed by atoms with Crippen molar-refractivity contribution in [1.29, 1.82) is 0 Å². The van der Waals surface area contributed by atoms with E-state index >= 15 is 0 Å². The van der Waals surface area contributed by atoms with Gasteiger partial charge in [0.05, 0.1) is 6.21 Å². The molecule has 4 nitrogen and oxygen atoms in total. The molecule has 1 aromatic carbocycles. The van der Waals surface area contributed by atoms with E-state index in [9.17, 15) is 9.35 Å². The highest BCUT2D eigenvalue weighted by molar-refractivity contribution is 7.91. The Labute approximate surface area is 110 Å². The summed E-state index contributed by atoms with van der Waals surface area (Å²) >= 11 is -1.28. The van der Waals surface area contributed by atoms with E-state index in [-0.39, 0.29) is 10.7 Å². The van der Waals surface area contributed by atoms with Crippen molar-refractivity contribution in [2.24, 2.45) is 4.40 Å². The van der Waals surface area contributed by atoms with Crippen LogP contribution in [0.5, 0.6) is 0 Å². The summed E-state index contributed by atoms with van der Waals surface area (Å²) in [5.74, 6) is -0.0582. The number of fused-ring (bicyclic) bond motifs is 1. The molecule has 1 unspecified atom stereocenters. The molecule has 0 saturated carbocycles. The summed E-state index contributed by atoms with van der Waals surface area (Å²) in [7, 11) is 0. The van der Waals surface area contributed by atoms with Crippen molar-refractivity contribution in [1.82, 2.24) is 5.32 Å². The van der Waals surface area contributed by atoms with Crippen LogP contribution in [-0.2, 0) is 17.9 Å². The van der Waals surface area contributed by atoms with Gasteiger partial charge in [0.15, 0.2) is 0 Å². The Bertz CT molecular complexity index is 506. The van der Waals surface area contributed by atoms with Gasteiger partial charge in [-0.1, -0.05) is 16.5 Å². The van der Waals surface area contributed by atoms with Crippen molar-refractivity contribution in [2.75, 3.05) is 0 Å². The number of carbonyl (C=O) groups is 1. The number of hydrogen-bond acceptors (Lipinski definition) is 3. The first-order chi connectivity index (χ1) is 8.38. The number of rotatable bonds is 2. The van der Waals surface area contributed by atoms with Crippen molar-refractivity contribution in [3.8, 4) is 0 Å². The predicted molar refractivity (Wildman–Crippen MR) is 73.1 cm³/mol. The molecule has 96 valence electrons. The third-order valence-corrected chi connectivity index (χ3v) is 3.98. The largest absolute Gasteiger partial charge is 0.591 e. The lowest BCUT2D eigenvalue weighted by molar-refractivity contribution is 0.0965. The maximum atomic E-state index is 11.8. The van der Waals surface area contributed by atoms with Crippen LogP contribution in [0.15, 0.2) is 22.6 Å². The zero-order chi connectivity index (χ0) is 13.3. The van der Waals surface area contributed by atoms with Crippen molar-refractivity contribution < 1.29 is 9.35 Å². The summed E-state index contributed by atoms with van der Waals surface area (Å²) in [4.78, 5) is 11.5. The van der Waals surface area contributed by atoms with Gasteiger partial charge in [-0.05, 0) is 38.0 Å². The molecule has 0 bridgehead atoms. The van der Waals surface area contributed by atoms with Gasteiger partial charge in [-0.3, -0.25) is 4.79 Å². The number of nitrogens with zero attached hydrogens (tertiary/aromatic N) is 1. The van der Waals surface area contributed by atoms with E-state index in [2.05, 4.69) is 9.71 Å². The van der Waals surface area contributed by atoms with Gasteiger partial charge in [0.25, 0.3) is 5.91 Å². The van der Waals surface area contributed by atoms with Gasteiger partial charge in [-0.25, -0.2) is 0 Å². The molecular formula is C13H16N2O2S. The van der Waals surface area contributed by atoms with Crippen LogP contribution in [0.2, 0.25) is 0 Å². The molecule has 0 aliphatic carbocycles. The van der Waals surface area contributed by atoms with Crippen LogP contribution < -0.4 is 5.32 Å². The Kier molecular flexibility index (Phi) is 3.45. The lowest BCUT2D eigenvalue weighted by Crippen LogP contribution is -2.25. The van der Waals surface area contributed by atoms with Crippen molar-refractivity contribution in [2.45, 2.75) is 32.1 Å². The second kappa shape index (κ2) is 4.74. The third kappa shape index (κ3) is 2.73. The molecular weight excluding hydrogens is 248 g/mol. The maximum absolute atomic E-state index is 11.8. The summed E-state index contributed by atoms with van der Waals surface area (Å²) in [6.45, 7) is 6.20. The molecule has 1 aliphatic heterocycles. The van der Waals surface area contributed by atoms with Crippen LogP contribution in [0.1, 0.15) is 42.3 Å². The van der Waals surface area contributed by atoms with E-state index in [0.29, 0.717) is 12.1 Å². The molecule has 2 rings (SSSR count). The van der Waals surface area contributed by atoms with Gasteiger partial charge in [0, 0.05) is 12.1 Å². The van der Waals surface area contributed by atoms with Crippen molar-refractivity contribution in [3.63, 3.8) is 0 Å². The first kappa shape index (κ1) is 13.1. The molecule has 0 spiro atoms. The number of nitrogens with one attached hydrogen (secondary N) is 1. The quantitative estimate of drug-likeness (QED) is 0.654. The fourth-order valence-corrected chi connectivity index (χ4v) is 2.11. The molecule has 1 atom stereocenters. The summed E-state index contributed by atoms with van der Waals surface area (Å²) in [5, 5.41) is 2.76. The Morgan fingerprint density at radius 2 is 2.17 bits per heavy atom. The zero-order valence-electron chi connectivity index (χ0n) is 10.7. The van der Waals surface area contributed by atoms with E-state index in [1.807, 2.05) is 32.9 Å². The van der Waals surface area contributed by atoms with E-state index in [1.165, 1.54) is 0 Å². The maximum Gasteiger partial charge on any atom is 0.251 e. The lowest BCUT2D eigenvalue weighted by Gasteiger charge is -2.17. The molecule has 0 fully saturated rings. The van der Waals surface area contributed by atoms with E-state index in [0.717, 1.165) is 11.1 Å². The van der Waals surface area contributed by atoms with E-state index in [1.54, 1.807) is 12.3 Å². The molecule has 1 N–H and O–H groups in total. The number of hydrogen-bond donors (Lipinski definition) is 1. The smallest absolute Gasteiger partial charge is 0.251 e. The molecule has 0 radical (unpaired) electrons. The van der Waals surface area contributed by atoms with Gasteiger partial charge in [-0.2, -0.15) is 0 Å². The van der Waals surface area contributed by atoms with Crippen LogP contribution in [0.3, 0.4) is 0 Å². The summed E-state index contributed by atoms with van der Waals surface area (Å²) in [5.41, 5.74) is 2.47. The molecule has 0 aromatic heterocycles. The standard InChI is InChI=1S/C13H16N2O2S/c1-13(2,3)18(17)15-7-9-4-5-10-8-14-12(16)11(10)6-9/h4-7H,8H2,1-3H3,(H,14,16)/b15-7+. The summed E-state index contributed by atoms with van der Waals surface area (Å²) in [6.07, 6.45) is 1.56. The van der Waals surface area contributed by atoms with Crippen molar-refractivity contribution >= 4 is 23.5 Å². The SMILES string of the molecule is CC(C)(C)[S+]([O-])/N=C/c1ccc2c(c1)C(=O)NC2. The Hall–Kier alpha value is -1.33. The first-order valence-corrected chi connectivity index (χ1v) is 6.86. The average molecular weight is 264 g/mol. The second-order valence-corrected chi connectivity index (χ2v) is 7.13. The minimum atomic E-state index is -1.28. The van der Waals surface area contributed by atoms with Gasteiger partial charge < -0.3 is 9.87 Å². The molecule has 1 amide bonds. The molecule has 1 aliphatic rings. The van der Waals surface area contributed by atoms with Crippen LogP contribution in [0.4, 0.5) is 0 Å². The van der Waals surface area contributed by atoms with Gasteiger partial charge in [-0.15, -0.1) is 0 Å². The molecule has 5 heteroatoms. The topological polar surface area (TPSA) is 64.5 Å². The highest BCUT2D eigenvalue weighted by Gasteiger charge is 2.26. The van der Waals surface area contributed by atoms with Crippen LogP contribution >= 0.6 is 0 Å². The average Bonchev–Trinajstić information content (AvgIpc) is 2.66. The fraction of sp³-hybridized carbons (Fsp3) is 0.385. The fourth-order valence-electron chi connectivity index (χ4n) is 1.58. The number of carbonyl (C=O) groups excluding carboxylic acids is 1. The van der Waals surface area contributed by atoms with Gasteiger partial charge in [0.2, 0.25) is 0 Å². The van der Waals surface area contributed by atoms with Crippen LogP contribution in [-0.4, -0.2) is 21.4 Å². The zero-order valence-corrected chi connectivity index (χ0v) is 11.5. The lowest BCUT2D eigenvalue weighted by atomic mass is 10.1. The van der Waals surface area contributed by atoms with E-state index in [4.69, 9.17) is 0 Å². The monoisotopic (exact) mass is 264 g/mol. The normalized spacial score (nSPS) is 16.8. The predicted octanol–water partition coefficient (Wildman–Crippen LogP) is 1.81.